The summed E-state index contributed by atoms with van der Waals surface area (Å²) in [6.07, 6.45) is -1.72. The molecule has 0 aromatic heterocycles. The van der Waals surface area contributed by atoms with Crippen molar-refractivity contribution in [2.45, 2.75) is 13.0 Å². The van der Waals surface area contributed by atoms with Crippen LogP contribution in [0.2, 0.25) is 0 Å². The van der Waals surface area contributed by atoms with Crippen LogP contribution in [0.5, 0.6) is 5.75 Å². The van der Waals surface area contributed by atoms with Crippen LogP contribution in [-0.4, -0.2) is 23.3 Å². The number of aryl methyl sites for hydroxylation is 1. The van der Waals surface area contributed by atoms with E-state index in [1.165, 1.54) is 12.1 Å². The number of carbonyl (C=O) groups is 1. The smallest absolute Gasteiger partial charge is 0.339 e. The molecule has 0 aliphatic rings. The molecule has 0 aliphatic heterocycles. The highest BCUT2D eigenvalue weighted by molar-refractivity contribution is 5.76. The van der Waals surface area contributed by atoms with E-state index in [0.717, 1.165) is 7.11 Å². The number of carbonyl (C=O) groups excluding carboxylic acids is 1. The number of halogens is 1. The van der Waals surface area contributed by atoms with E-state index in [9.17, 15) is 14.3 Å². The van der Waals surface area contributed by atoms with Crippen molar-refractivity contribution in [2.75, 3.05) is 7.11 Å². The van der Waals surface area contributed by atoms with Crippen molar-refractivity contribution in [3.8, 4) is 5.75 Å². The third-order valence-corrected chi connectivity index (χ3v) is 1.94. The van der Waals surface area contributed by atoms with Gasteiger partial charge in [-0.2, -0.15) is 0 Å². The van der Waals surface area contributed by atoms with Gasteiger partial charge in [0.1, 0.15) is 0 Å². The van der Waals surface area contributed by atoms with Gasteiger partial charge in [-0.1, -0.05) is 0 Å². The van der Waals surface area contributed by atoms with Gasteiger partial charge in [0.25, 0.3) is 0 Å². The second-order valence-corrected chi connectivity index (χ2v) is 3.11. The number of esters is 1. The second-order valence-electron chi connectivity index (χ2n) is 3.11. The first-order chi connectivity index (χ1) is 6.97. The quantitative estimate of drug-likeness (QED) is 0.722. The summed E-state index contributed by atoms with van der Waals surface area (Å²) in [5, 5.41) is 18.5. The van der Waals surface area contributed by atoms with Crippen LogP contribution < -0.4 is 0 Å². The van der Waals surface area contributed by atoms with Gasteiger partial charge in [-0.15, -0.1) is 0 Å². The predicted molar refractivity (Wildman–Crippen MR) is 49.8 cm³/mol. The van der Waals surface area contributed by atoms with E-state index in [2.05, 4.69) is 4.74 Å². The fraction of sp³-hybridized carbons (Fsp3) is 0.300. The zero-order valence-corrected chi connectivity index (χ0v) is 8.32. The van der Waals surface area contributed by atoms with Crippen molar-refractivity contribution < 1.29 is 24.1 Å². The summed E-state index contributed by atoms with van der Waals surface area (Å²) in [5.74, 6) is -2.59. The lowest BCUT2D eigenvalue weighted by atomic mass is 10.1. The Hall–Kier alpha value is -1.62. The maximum absolute atomic E-state index is 13.3. The summed E-state index contributed by atoms with van der Waals surface area (Å²) < 4.78 is 17.6. The summed E-state index contributed by atoms with van der Waals surface area (Å²) in [5.41, 5.74) is 0.242. The minimum absolute atomic E-state index is 0.292. The van der Waals surface area contributed by atoms with Crippen molar-refractivity contribution in [1.82, 2.24) is 0 Å². The van der Waals surface area contributed by atoms with Crippen molar-refractivity contribution in [2.24, 2.45) is 0 Å². The van der Waals surface area contributed by atoms with E-state index in [1.54, 1.807) is 6.92 Å². The van der Waals surface area contributed by atoms with Crippen LogP contribution in [-0.2, 0) is 9.53 Å². The third-order valence-electron chi connectivity index (χ3n) is 1.94. The van der Waals surface area contributed by atoms with E-state index < -0.39 is 23.6 Å². The average molecular weight is 214 g/mol. The number of benzene rings is 1. The largest absolute Gasteiger partial charge is 0.505 e. The molecule has 1 unspecified atom stereocenters. The summed E-state index contributed by atoms with van der Waals surface area (Å²) in [6, 6.07) is 2.47. The minimum atomic E-state index is -1.72. The molecule has 0 saturated heterocycles. The number of hydrogen-bond acceptors (Lipinski definition) is 4. The molecule has 0 fully saturated rings. The first-order valence-electron chi connectivity index (χ1n) is 4.22. The van der Waals surface area contributed by atoms with Crippen LogP contribution in [0.1, 0.15) is 17.2 Å². The van der Waals surface area contributed by atoms with Crippen LogP contribution in [0.4, 0.5) is 4.39 Å². The molecule has 1 aromatic rings. The second kappa shape index (κ2) is 4.27. The Morgan fingerprint density at radius 3 is 2.67 bits per heavy atom. The number of aliphatic hydroxyl groups excluding tert-OH is 1. The summed E-state index contributed by atoms with van der Waals surface area (Å²) in [4.78, 5) is 11.0. The lowest BCUT2D eigenvalue weighted by Crippen LogP contribution is -2.15. The van der Waals surface area contributed by atoms with Crippen molar-refractivity contribution >= 4 is 5.97 Å². The van der Waals surface area contributed by atoms with Crippen LogP contribution in [0.15, 0.2) is 12.1 Å². The highest BCUT2D eigenvalue weighted by Gasteiger charge is 2.23. The van der Waals surface area contributed by atoms with E-state index in [4.69, 9.17) is 5.11 Å². The Balaban J connectivity index is 3.19. The SMILES string of the molecule is COC(=O)C(O)c1cc(C)cc(O)c1F. The van der Waals surface area contributed by atoms with E-state index in [1.807, 2.05) is 0 Å². The first kappa shape index (κ1) is 11.5. The number of aromatic hydroxyl groups is 1. The van der Waals surface area contributed by atoms with Crippen LogP contribution in [0, 0.1) is 12.7 Å². The van der Waals surface area contributed by atoms with Gasteiger partial charge in [-0.25, -0.2) is 9.18 Å². The fourth-order valence-corrected chi connectivity index (χ4v) is 1.21. The Morgan fingerprint density at radius 1 is 1.53 bits per heavy atom. The van der Waals surface area contributed by atoms with Crippen LogP contribution in [0.25, 0.3) is 0 Å². The summed E-state index contributed by atoms with van der Waals surface area (Å²) >= 11 is 0. The van der Waals surface area contributed by atoms with Crippen molar-refractivity contribution in [3.63, 3.8) is 0 Å². The van der Waals surface area contributed by atoms with Gasteiger partial charge in [0.05, 0.1) is 7.11 Å². The van der Waals surface area contributed by atoms with Crippen LogP contribution >= 0.6 is 0 Å². The van der Waals surface area contributed by atoms with E-state index in [0.29, 0.717) is 5.56 Å². The zero-order valence-electron chi connectivity index (χ0n) is 8.32. The molecule has 0 aliphatic carbocycles. The van der Waals surface area contributed by atoms with Crippen molar-refractivity contribution in [1.29, 1.82) is 0 Å². The molecule has 0 heterocycles. The predicted octanol–water partition coefficient (Wildman–Crippen LogP) is 1.05. The Kier molecular flexibility index (Phi) is 3.26. The fourth-order valence-electron chi connectivity index (χ4n) is 1.21. The molecule has 4 nitrogen and oxygen atoms in total. The summed E-state index contributed by atoms with van der Waals surface area (Å²) in [6.45, 7) is 1.60. The Labute approximate surface area is 85.9 Å². The number of aliphatic hydroxyl groups is 1. The van der Waals surface area contributed by atoms with Gasteiger partial charge in [0, 0.05) is 5.56 Å². The lowest BCUT2D eigenvalue weighted by molar-refractivity contribution is -0.150. The number of ether oxygens (including phenoxy) is 1. The van der Waals surface area contributed by atoms with Crippen LogP contribution in [0.3, 0.4) is 0 Å². The Bertz CT molecular complexity index is 389. The molecule has 0 saturated carbocycles. The lowest BCUT2D eigenvalue weighted by Gasteiger charge is -2.11. The molecule has 0 radical (unpaired) electrons. The molecule has 1 atom stereocenters. The Morgan fingerprint density at radius 2 is 2.13 bits per heavy atom. The maximum atomic E-state index is 13.3. The zero-order chi connectivity index (χ0) is 11.6. The first-order valence-corrected chi connectivity index (χ1v) is 4.22. The molecule has 0 bridgehead atoms. The molecular formula is C10H11FO4. The number of rotatable bonds is 2. The topological polar surface area (TPSA) is 66.8 Å². The van der Waals surface area contributed by atoms with Gasteiger partial charge in [-0.3, -0.25) is 0 Å². The number of phenolic OH excluding ortho intramolecular Hbond substituents is 1. The highest BCUT2D eigenvalue weighted by atomic mass is 19.1. The molecule has 0 amide bonds. The number of hydrogen-bond donors (Lipinski definition) is 2. The normalized spacial score (nSPS) is 12.3. The molecule has 1 rings (SSSR count). The van der Waals surface area contributed by atoms with E-state index in [-0.39, 0.29) is 5.56 Å². The summed E-state index contributed by atoms with van der Waals surface area (Å²) in [7, 11) is 1.08. The van der Waals surface area contributed by atoms with Gasteiger partial charge >= 0.3 is 5.97 Å². The molecule has 82 valence electrons. The minimum Gasteiger partial charge on any atom is -0.505 e. The third kappa shape index (κ3) is 2.24. The highest BCUT2D eigenvalue weighted by Crippen LogP contribution is 2.26. The maximum Gasteiger partial charge on any atom is 0.339 e. The number of methoxy groups -OCH3 is 1. The van der Waals surface area contributed by atoms with Crippen molar-refractivity contribution in [3.05, 3.63) is 29.1 Å². The monoisotopic (exact) mass is 214 g/mol. The standard InChI is InChI=1S/C10H11FO4/c1-5-3-6(8(11)7(12)4-5)9(13)10(14)15-2/h3-4,9,12-13H,1-2H3. The molecule has 0 spiro atoms. The molecule has 2 N–H and O–H groups in total. The van der Waals surface area contributed by atoms with Gasteiger partial charge in [0.15, 0.2) is 17.7 Å². The van der Waals surface area contributed by atoms with E-state index >= 15 is 0 Å². The van der Waals surface area contributed by atoms with Gasteiger partial charge < -0.3 is 14.9 Å². The molecule has 15 heavy (non-hydrogen) atoms. The van der Waals surface area contributed by atoms with Gasteiger partial charge in [0.2, 0.25) is 0 Å². The average Bonchev–Trinajstić information content (AvgIpc) is 2.21. The molecule has 5 heteroatoms. The number of phenols is 1. The molecule has 1 aromatic carbocycles. The van der Waals surface area contributed by atoms with Gasteiger partial charge in [-0.05, 0) is 24.6 Å². The molecular weight excluding hydrogens is 203 g/mol.